The molecule has 0 saturated carbocycles. The number of pyridine rings is 1. The molecule has 2 nitrogen and oxygen atoms in total. The van der Waals surface area contributed by atoms with E-state index in [1.54, 1.807) is 0 Å². The zero-order valence-corrected chi connectivity index (χ0v) is 7.45. The summed E-state index contributed by atoms with van der Waals surface area (Å²) in [5.41, 5.74) is -0.832. The van der Waals surface area contributed by atoms with Crippen molar-refractivity contribution in [1.82, 2.24) is 4.98 Å². The summed E-state index contributed by atoms with van der Waals surface area (Å²) in [4.78, 5) is 3.42. The zero-order valence-electron chi connectivity index (χ0n) is 6.63. The minimum atomic E-state index is -4.39. The van der Waals surface area contributed by atoms with Crippen LogP contribution in [0, 0.1) is 0 Å². The Balaban J connectivity index is 3.01. The van der Waals surface area contributed by atoms with Crippen LogP contribution in [0.2, 0.25) is 0 Å². The molecule has 0 fully saturated rings. The molecule has 1 aromatic heterocycles. The van der Waals surface area contributed by atoms with E-state index in [-0.39, 0.29) is 5.03 Å². The van der Waals surface area contributed by atoms with E-state index < -0.39 is 22.5 Å². The van der Waals surface area contributed by atoms with Gasteiger partial charge in [0.15, 0.2) is 0 Å². The van der Waals surface area contributed by atoms with E-state index >= 15 is 0 Å². The van der Waals surface area contributed by atoms with Gasteiger partial charge in [0, 0.05) is 12.5 Å². The van der Waals surface area contributed by atoms with Crippen LogP contribution in [0.15, 0.2) is 23.4 Å². The van der Waals surface area contributed by atoms with E-state index in [4.69, 9.17) is 0 Å². The molecule has 0 amide bonds. The molecular weight excluding hydrogens is 203 g/mol. The van der Waals surface area contributed by atoms with Gasteiger partial charge >= 0.3 is 6.18 Å². The Morgan fingerprint density at radius 3 is 2.31 bits per heavy atom. The fraction of sp³-hybridized carbons (Fsp3) is 0.286. The summed E-state index contributed by atoms with van der Waals surface area (Å²) < 4.78 is 46.8. The van der Waals surface area contributed by atoms with Gasteiger partial charge in [-0.3, -0.25) is 4.21 Å². The van der Waals surface area contributed by atoms with Crippen molar-refractivity contribution in [3.63, 3.8) is 0 Å². The Morgan fingerprint density at radius 1 is 1.38 bits per heavy atom. The number of halogens is 3. The first-order chi connectivity index (χ1) is 5.91. The predicted octanol–water partition coefficient (Wildman–Crippen LogP) is 1.84. The fourth-order valence-electron chi connectivity index (χ4n) is 0.718. The largest absolute Gasteiger partial charge is 0.417 e. The number of alkyl halides is 3. The van der Waals surface area contributed by atoms with Gasteiger partial charge in [-0.1, -0.05) is 0 Å². The molecule has 0 aliphatic carbocycles. The lowest BCUT2D eigenvalue weighted by Crippen LogP contribution is -2.06. The lowest BCUT2D eigenvalue weighted by molar-refractivity contribution is -0.137. The van der Waals surface area contributed by atoms with Crippen molar-refractivity contribution in [3.05, 3.63) is 23.9 Å². The van der Waals surface area contributed by atoms with Gasteiger partial charge in [0.05, 0.1) is 16.4 Å². The summed E-state index contributed by atoms with van der Waals surface area (Å²) in [6, 6.07) is 1.97. The highest BCUT2D eigenvalue weighted by Crippen LogP contribution is 2.28. The highest BCUT2D eigenvalue weighted by molar-refractivity contribution is 7.84. The number of hydrogen-bond acceptors (Lipinski definition) is 2. The average molecular weight is 209 g/mol. The maximum atomic E-state index is 12.0. The van der Waals surface area contributed by atoms with Crippen molar-refractivity contribution in [1.29, 1.82) is 0 Å². The van der Waals surface area contributed by atoms with Gasteiger partial charge in [0.2, 0.25) is 0 Å². The third-order valence-electron chi connectivity index (χ3n) is 1.36. The molecule has 0 N–H and O–H groups in total. The summed E-state index contributed by atoms with van der Waals surface area (Å²) in [5, 5.41) is 0.146. The summed E-state index contributed by atoms with van der Waals surface area (Å²) in [7, 11) is -1.34. The summed E-state index contributed by atoms with van der Waals surface area (Å²) in [6.07, 6.45) is -2.35. The van der Waals surface area contributed by atoms with E-state index in [2.05, 4.69) is 4.98 Å². The lowest BCUT2D eigenvalue weighted by atomic mass is 10.3. The average Bonchev–Trinajstić information content (AvgIpc) is 2.03. The molecule has 1 atom stereocenters. The van der Waals surface area contributed by atoms with Crippen LogP contribution in [0.1, 0.15) is 5.56 Å². The first-order valence-electron chi connectivity index (χ1n) is 3.28. The van der Waals surface area contributed by atoms with Crippen LogP contribution in [0.4, 0.5) is 13.2 Å². The Hall–Kier alpha value is -0.910. The van der Waals surface area contributed by atoms with Crippen LogP contribution in [-0.2, 0) is 17.0 Å². The second-order valence-corrected chi connectivity index (χ2v) is 3.66. The van der Waals surface area contributed by atoms with Crippen molar-refractivity contribution in [2.24, 2.45) is 0 Å². The maximum absolute atomic E-state index is 12.0. The third kappa shape index (κ3) is 2.51. The van der Waals surface area contributed by atoms with Crippen LogP contribution in [-0.4, -0.2) is 15.4 Å². The Morgan fingerprint density at radius 2 is 2.00 bits per heavy atom. The fourth-order valence-corrected chi connectivity index (χ4v) is 1.18. The van der Waals surface area contributed by atoms with Crippen LogP contribution in [0.25, 0.3) is 0 Å². The zero-order chi connectivity index (χ0) is 10.1. The van der Waals surface area contributed by atoms with Crippen molar-refractivity contribution in [2.75, 3.05) is 6.26 Å². The molecule has 0 aliphatic heterocycles. The molecule has 1 rings (SSSR count). The van der Waals surface area contributed by atoms with Crippen molar-refractivity contribution in [2.45, 2.75) is 11.2 Å². The molecule has 1 unspecified atom stereocenters. The highest BCUT2D eigenvalue weighted by atomic mass is 32.2. The Bertz CT molecular complexity index is 320. The van der Waals surface area contributed by atoms with E-state index in [1.165, 1.54) is 6.26 Å². The van der Waals surface area contributed by atoms with Gasteiger partial charge < -0.3 is 0 Å². The summed E-state index contributed by atoms with van der Waals surface area (Å²) >= 11 is 0. The molecular formula is C7H6F3NOS. The van der Waals surface area contributed by atoms with E-state index in [0.717, 1.165) is 12.1 Å². The highest BCUT2D eigenvalue weighted by Gasteiger charge is 2.30. The molecule has 1 aromatic rings. The maximum Gasteiger partial charge on any atom is 0.417 e. The molecule has 0 spiro atoms. The van der Waals surface area contributed by atoms with Crippen LogP contribution in [0.3, 0.4) is 0 Å². The monoisotopic (exact) mass is 209 g/mol. The lowest BCUT2D eigenvalue weighted by Gasteiger charge is -2.05. The Kier molecular flexibility index (Phi) is 2.70. The number of hydrogen-bond donors (Lipinski definition) is 0. The first-order valence-corrected chi connectivity index (χ1v) is 4.84. The number of aromatic nitrogens is 1. The van der Waals surface area contributed by atoms with E-state index in [9.17, 15) is 17.4 Å². The van der Waals surface area contributed by atoms with Gasteiger partial charge in [-0.25, -0.2) is 4.98 Å². The third-order valence-corrected chi connectivity index (χ3v) is 2.19. The van der Waals surface area contributed by atoms with Crippen LogP contribution >= 0.6 is 0 Å². The quantitative estimate of drug-likeness (QED) is 0.706. The van der Waals surface area contributed by atoms with Crippen molar-refractivity contribution < 1.29 is 17.4 Å². The molecule has 1 heterocycles. The van der Waals surface area contributed by atoms with E-state index in [0.29, 0.717) is 6.20 Å². The van der Waals surface area contributed by atoms with E-state index in [1.807, 2.05) is 0 Å². The molecule has 0 aromatic carbocycles. The summed E-state index contributed by atoms with van der Waals surface area (Å²) in [5.74, 6) is 0. The van der Waals surface area contributed by atoms with Crippen molar-refractivity contribution >= 4 is 10.8 Å². The minimum Gasteiger partial charge on any atom is -0.253 e. The number of rotatable bonds is 1. The SMILES string of the molecule is CS(=O)c1ccc(C(F)(F)F)cn1. The van der Waals surface area contributed by atoms with Crippen LogP contribution < -0.4 is 0 Å². The molecule has 0 saturated heterocycles. The molecule has 0 aliphatic rings. The van der Waals surface area contributed by atoms with Gasteiger partial charge in [0.25, 0.3) is 0 Å². The molecule has 0 bridgehead atoms. The minimum absolute atomic E-state index is 0.146. The molecule has 0 radical (unpaired) electrons. The molecule has 6 heteroatoms. The topological polar surface area (TPSA) is 30.0 Å². The second-order valence-electron chi connectivity index (χ2n) is 2.34. The Labute approximate surface area is 75.3 Å². The van der Waals surface area contributed by atoms with Gasteiger partial charge in [-0.2, -0.15) is 13.2 Å². The van der Waals surface area contributed by atoms with Gasteiger partial charge in [-0.05, 0) is 12.1 Å². The van der Waals surface area contributed by atoms with Crippen molar-refractivity contribution in [3.8, 4) is 0 Å². The molecule has 72 valence electrons. The van der Waals surface area contributed by atoms with Gasteiger partial charge in [-0.15, -0.1) is 0 Å². The number of nitrogens with zero attached hydrogens (tertiary/aromatic N) is 1. The summed E-state index contributed by atoms with van der Waals surface area (Å²) in [6.45, 7) is 0. The van der Waals surface area contributed by atoms with Crippen LogP contribution in [0.5, 0.6) is 0 Å². The molecule has 13 heavy (non-hydrogen) atoms. The standard InChI is InChI=1S/C7H6F3NOS/c1-13(12)6-3-2-5(4-11-6)7(8,9)10/h2-4H,1H3. The second kappa shape index (κ2) is 3.45. The first kappa shape index (κ1) is 10.2. The smallest absolute Gasteiger partial charge is 0.253 e. The predicted molar refractivity (Wildman–Crippen MR) is 41.6 cm³/mol. The normalized spacial score (nSPS) is 14.2. The van der Waals surface area contributed by atoms with Gasteiger partial charge in [0.1, 0.15) is 5.03 Å².